The molecule has 3 atom stereocenters. The summed E-state index contributed by atoms with van der Waals surface area (Å²) in [5.41, 5.74) is 2.56. The second kappa shape index (κ2) is 7.20. The first kappa shape index (κ1) is 17.2. The Morgan fingerprint density at radius 3 is 2.46 bits per heavy atom. The summed E-state index contributed by atoms with van der Waals surface area (Å²) < 4.78 is 14.6. The van der Waals surface area contributed by atoms with Crippen molar-refractivity contribution in [1.29, 1.82) is 0 Å². The van der Waals surface area contributed by atoms with Gasteiger partial charge in [0.25, 0.3) is 0 Å². The maximum Gasteiger partial charge on any atom is 0.237 e. The zero-order valence-electron chi connectivity index (χ0n) is 15.0. The van der Waals surface area contributed by atoms with Gasteiger partial charge in [-0.05, 0) is 61.3 Å². The van der Waals surface area contributed by atoms with Crippen LogP contribution in [0.3, 0.4) is 0 Å². The molecule has 1 saturated heterocycles. The highest BCUT2D eigenvalue weighted by Crippen LogP contribution is 2.41. The van der Waals surface area contributed by atoms with Crippen molar-refractivity contribution in [3.63, 3.8) is 0 Å². The van der Waals surface area contributed by atoms with Crippen molar-refractivity contribution in [2.75, 3.05) is 0 Å². The molecule has 3 nitrogen and oxygen atoms in total. The van der Waals surface area contributed by atoms with Crippen LogP contribution in [0, 0.1) is 5.82 Å². The van der Waals surface area contributed by atoms with E-state index in [0.717, 1.165) is 42.4 Å². The fourth-order valence-corrected chi connectivity index (χ4v) is 3.83. The summed E-state index contributed by atoms with van der Waals surface area (Å²) in [5.74, 6) is 0.195. The third-order valence-electron chi connectivity index (χ3n) is 5.49. The highest BCUT2D eigenvalue weighted by molar-refractivity contribution is 5.83. The van der Waals surface area contributed by atoms with E-state index in [2.05, 4.69) is 17.6 Å². The molecule has 0 radical (unpaired) electrons. The van der Waals surface area contributed by atoms with Gasteiger partial charge < -0.3 is 10.6 Å². The van der Waals surface area contributed by atoms with Gasteiger partial charge in [0.05, 0.1) is 12.1 Å². The van der Waals surface area contributed by atoms with Crippen LogP contribution in [-0.2, 0) is 4.79 Å². The Morgan fingerprint density at radius 1 is 1.08 bits per heavy atom. The summed E-state index contributed by atoms with van der Waals surface area (Å²) in [7, 11) is 0. The Morgan fingerprint density at radius 2 is 1.85 bits per heavy atom. The minimum atomic E-state index is -0.343. The van der Waals surface area contributed by atoms with Crippen molar-refractivity contribution in [2.45, 2.75) is 56.7 Å². The SMILES string of the molecule is C[C@H]1CC[C@@H](C(=O)N[C@@H](c2ccccc2)c2ccc(C3CC3)c(F)c2)N1. The number of carbonyl (C=O) groups excluding carboxylic acids is 1. The molecule has 136 valence electrons. The molecule has 2 fully saturated rings. The molecule has 0 bridgehead atoms. The fourth-order valence-electron chi connectivity index (χ4n) is 3.83. The van der Waals surface area contributed by atoms with Crippen LogP contribution >= 0.6 is 0 Å². The summed E-state index contributed by atoms with van der Waals surface area (Å²) >= 11 is 0. The average molecular weight is 352 g/mol. The van der Waals surface area contributed by atoms with Crippen LogP contribution in [0.4, 0.5) is 4.39 Å². The van der Waals surface area contributed by atoms with Crippen molar-refractivity contribution in [3.05, 3.63) is 71.0 Å². The largest absolute Gasteiger partial charge is 0.344 e. The summed E-state index contributed by atoms with van der Waals surface area (Å²) in [5, 5.41) is 6.45. The first-order valence-electron chi connectivity index (χ1n) is 9.52. The summed E-state index contributed by atoms with van der Waals surface area (Å²) in [4.78, 5) is 12.8. The molecule has 0 unspecified atom stereocenters. The molecule has 2 N–H and O–H groups in total. The van der Waals surface area contributed by atoms with E-state index in [0.29, 0.717) is 12.0 Å². The van der Waals surface area contributed by atoms with Crippen LogP contribution in [0.25, 0.3) is 0 Å². The first-order chi connectivity index (χ1) is 12.6. The van der Waals surface area contributed by atoms with Crippen LogP contribution in [0.2, 0.25) is 0 Å². The predicted octanol–water partition coefficient (Wildman–Crippen LogP) is 4.05. The number of nitrogens with one attached hydrogen (secondary N) is 2. The topological polar surface area (TPSA) is 41.1 Å². The van der Waals surface area contributed by atoms with E-state index in [9.17, 15) is 9.18 Å². The molecule has 4 rings (SSSR count). The minimum Gasteiger partial charge on any atom is -0.344 e. The number of benzene rings is 2. The van der Waals surface area contributed by atoms with Gasteiger partial charge in [0, 0.05) is 6.04 Å². The molecule has 1 aliphatic carbocycles. The predicted molar refractivity (Wildman–Crippen MR) is 100 cm³/mol. The van der Waals surface area contributed by atoms with Gasteiger partial charge in [-0.15, -0.1) is 0 Å². The van der Waals surface area contributed by atoms with Crippen LogP contribution in [0.1, 0.15) is 61.3 Å². The van der Waals surface area contributed by atoms with Gasteiger partial charge in [-0.25, -0.2) is 4.39 Å². The third kappa shape index (κ3) is 3.65. The molecule has 1 aliphatic heterocycles. The van der Waals surface area contributed by atoms with Gasteiger partial charge in [-0.3, -0.25) is 4.79 Å². The van der Waals surface area contributed by atoms with Crippen molar-refractivity contribution in [3.8, 4) is 0 Å². The lowest BCUT2D eigenvalue weighted by Crippen LogP contribution is -2.43. The molecule has 26 heavy (non-hydrogen) atoms. The van der Waals surface area contributed by atoms with E-state index in [-0.39, 0.29) is 23.8 Å². The Kier molecular flexibility index (Phi) is 4.77. The second-order valence-corrected chi connectivity index (χ2v) is 7.61. The van der Waals surface area contributed by atoms with Gasteiger partial charge in [0.1, 0.15) is 5.82 Å². The van der Waals surface area contributed by atoms with E-state index in [1.807, 2.05) is 42.5 Å². The van der Waals surface area contributed by atoms with E-state index in [1.54, 1.807) is 6.07 Å². The maximum atomic E-state index is 14.6. The van der Waals surface area contributed by atoms with Crippen LogP contribution in [0.5, 0.6) is 0 Å². The van der Waals surface area contributed by atoms with Crippen molar-refractivity contribution >= 4 is 5.91 Å². The van der Waals surface area contributed by atoms with Gasteiger partial charge in [0.2, 0.25) is 5.91 Å². The van der Waals surface area contributed by atoms with Crippen molar-refractivity contribution in [1.82, 2.24) is 10.6 Å². The summed E-state index contributed by atoms with van der Waals surface area (Å²) in [6.07, 6.45) is 3.98. The Hall–Kier alpha value is -2.20. The average Bonchev–Trinajstić information content (AvgIpc) is 3.40. The maximum absolute atomic E-state index is 14.6. The molecule has 2 aromatic carbocycles. The van der Waals surface area contributed by atoms with E-state index < -0.39 is 0 Å². The highest BCUT2D eigenvalue weighted by atomic mass is 19.1. The molecular formula is C22H25FN2O. The molecule has 0 aromatic heterocycles. The molecule has 1 amide bonds. The number of halogens is 1. The Balaban J connectivity index is 1.61. The zero-order valence-corrected chi connectivity index (χ0v) is 15.0. The van der Waals surface area contributed by atoms with Gasteiger partial charge in [-0.1, -0.05) is 42.5 Å². The normalized spacial score (nSPS) is 23.6. The molecule has 1 heterocycles. The van der Waals surface area contributed by atoms with Crippen molar-refractivity contribution < 1.29 is 9.18 Å². The lowest BCUT2D eigenvalue weighted by Gasteiger charge is -2.23. The van der Waals surface area contributed by atoms with Gasteiger partial charge in [0.15, 0.2) is 0 Å². The Bertz CT molecular complexity index is 788. The number of carbonyl (C=O) groups is 1. The van der Waals surface area contributed by atoms with E-state index in [1.165, 1.54) is 0 Å². The standard InChI is InChI=1S/C22H25FN2O/c1-14-7-12-20(24-14)22(26)25-21(16-5-3-2-4-6-16)17-10-11-18(15-8-9-15)19(23)13-17/h2-6,10-11,13-15,20-21,24H,7-9,12H2,1H3,(H,25,26)/t14-,20-,21-/m0/s1. The van der Waals surface area contributed by atoms with Crippen LogP contribution < -0.4 is 10.6 Å². The zero-order chi connectivity index (χ0) is 18.1. The van der Waals surface area contributed by atoms with Gasteiger partial charge >= 0.3 is 0 Å². The quantitative estimate of drug-likeness (QED) is 0.852. The highest BCUT2D eigenvalue weighted by Gasteiger charge is 2.30. The third-order valence-corrected chi connectivity index (χ3v) is 5.49. The lowest BCUT2D eigenvalue weighted by molar-refractivity contribution is -0.123. The van der Waals surface area contributed by atoms with E-state index >= 15 is 0 Å². The monoisotopic (exact) mass is 352 g/mol. The molecular weight excluding hydrogens is 327 g/mol. The van der Waals surface area contributed by atoms with Crippen LogP contribution in [0.15, 0.2) is 48.5 Å². The van der Waals surface area contributed by atoms with Crippen molar-refractivity contribution in [2.24, 2.45) is 0 Å². The first-order valence-corrected chi connectivity index (χ1v) is 9.52. The number of hydrogen-bond donors (Lipinski definition) is 2. The number of amides is 1. The smallest absolute Gasteiger partial charge is 0.237 e. The number of rotatable bonds is 5. The molecule has 1 saturated carbocycles. The molecule has 0 spiro atoms. The summed E-state index contributed by atoms with van der Waals surface area (Å²) in [6.45, 7) is 2.09. The van der Waals surface area contributed by atoms with Crippen LogP contribution in [-0.4, -0.2) is 18.0 Å². The molecule has 2 aliphatic rings. The fraction of sp³-hybridized carbons (Fsp3) is 0.409. The Labute approximate surface area is 154 Å². The molecule has 2 aromatic rings. The summed E-state index contributed by atoms with van der Waals surface area (Å²) in [6, 6.07) is 15.1. The lowest BCUT2D eigenvalue weighted by atomic mass is 9.96. The minimum absolute atomic E-state index is 0.0186. The van der Waals surface area contributed by atoms with Gasteiger partial charge in [-0.2, -0.15) is 0 Å². The van der Waals surface area contributed by atoms with E-state index in [4.69, 9.17) is 0 Å². The number of hydrogen-bond acceptors (Lipinski definition) is 2. The second-order valence-electron chi connectivity index (χ2n) is 7.61. The molecule has 4 heteroatoms.